The van der Waals surface area contributed by atoms with E-state index < -0.39 is 0 Å². The summed E-state index contributed by atoms with van der Waals surface area (Å²) >= 11 is 0. The zero-order valence-electron chi connectivity index (χ0n) is 9.96. The van der Waals surface area contributed by atoms with Crippen molar-refractivity contribution in [2.24, 2.45) is 10.3 Å². The van der Waals surface area contributed by atoms with Crippen LogP contribution in [0.4, 0.5) is 17.1 Å². The summed E-state index contributed by atoms with van der Waals surface area (Å²) in [4.78, 5) is 0. The molecule has 3 nitrogen and oxygen atoms in total. The quantitative estimate of drug-likeness (QED) is 0.646. The van der Waals surface area contributed by atoms with Crippen molar-refractivity contribution >= 4 is 17.1 Å². The maximum absolute atomic E-state index is 4.43. The standard InChI is InChI=1S/C14H14N3/c1-11-7-6-10-13-14(11)15-16-17(13,2)12-8-4-3-5-9-12/h3-10H,1-2H3/q+1. The van der Waals surface area contributed by atoms with Gasteiger partial charge in [-0.15, -0.1) is 4.59 Å². The molecule has 1 aliphatic rings. The lowest BCUT2D eigenvalue weighted by Gasteiger charge is -2.21. The molecule has 3 rings (SSSR count). The number of aryl methyl sites for hydroxylation is 1. The van der Waals surface area contributed by atoms with E-state index in [1.165, 1.54) is 5.56 Å². The van der Waals surface area contributed by atoms with Gasteiger partial charge in [0.05, 0.1) is 0 Å². The van der Waals surface area contributed by atoms with E-state index in [0.29, 0.717) is 4.59 Å². The van der Waals surface area contributed by atoms with Crippen molar-refractivity contribution in [3.63, 3.8) is 0 Å². The molecular formula is C14H14N3+. The van der Waals surface area contributed by atoms with Crippen LogP contribution in [-0.2, 0) is 0 Å². The Morgan fingerprint density at radius 1 is 0.941 bits per heavy atom. The highest BCUT2D eigenvalue weighted by Gasteiger charge is 2.37. The third kappa shape index (κ3) is 1.40. The van der Waals surface area contributed by atoms with Gasteiger partial charge in [-0.05, 0) is 12.5 Å². The lowest BCUT2D eigenvalue weighted by molar-refractivity contribution is 0.479. The predicted octanol–water partition coefficient (Wildman–Crippen LogP) is 4.28. The molecule has 0 saturated carbocycles. The molecule has 17 heavy (non-hydrogen) atoms. The van der Waals surface area contributed by atoms with Crippen LogP contribution in [0.15, 0.2) is 58.9 Å². The Labute approximate surface area is 101 Å². The molecule has 0 aromatic heterocycles. The number of fused-ring (bicyclic) bond motifs is 1. The number of hydrogen-bond acceptors (Lipinski definition) is 2. The first-order valence-corrected chi connectivity index (χ1v) is 5.67. The molecule has 3 heteroatoms. The smallest absolute Gasteiger partial charge is 0.115 e. The normalized spacial score (nSPS) is 21.5. The summed E-state index contributed by atoms with van der Waals surface area (Å²) in [5.41, 5.74) is 4.43. The van der Waals surface area contributed by atoms with Gasteiger partial charge in [-0.3, -0.25) is 0 Å². The van der Waals surface area contributed by atoms with Crippen LogP contribution < -0.4 is 4.59 Å². The van der Waals surface area contributed by atoms with E-state index in [1.807, 2.05) is 18.2 Å². The first-order chi connectivity index (χ1) is 8.22. The molecule has 0 bridgehead atoms. The minimum absolute atomic E-state index is 0.401. The average molecular weight is 224 g/mol. The predicted molar refractivity (Wildman–Crippen MR) is 69.5 cm³/mol. The summed E-state index contributed by atoms with van der Waals surface area (Å²) < 4.78 is 0.401. The van der Waals surface area contributed by atoms with Crippen LogP contribution in [0.25, 0.3) is 0 Å². The molecule has 1 aliphatic heterocycles. The monoisotopic (exact) mass is 224 g/mol. The molecule has 0 saturated heterocycles. The molecule has 0 N–H and O–H groups in total. The number of nitrogens with zero attached hydrogens (tertiary/aromatic N) is 3. The number of para-hydroxylation sites is 1. The maximum atomic E-state index is 4.43. The summed E-state index contributed by atoms with van der Waals surface area (Å²) in [6, 6.07) is 16.5. The van der Waals surface area contributed by atoms with Gasteiger partial charge in [0.2, 0.25) is 0 Å². The Balaban J connectivity index is 2.22. The molecule has 1 heterocycles. The second-order valence-electron chi connectivity index (χ2n) is 4.43. The fraction of sp³-hybridized carbons (Fsp3) is 0.143. The van der Waals surface area contributed by atoms with E-state index in [2.05, 4.69) is 54.6 Å². The minimum atomic E-state index is 0.401. The molecule has 0 radical (unpaired) electrons. The lowest BCUT2D eigenvalue weighted by atomic mass is 10.1. The molecule has 2 aromatic carbocycles. The molecule has 0 aliphatic carbocycles. The molecule has 2 aromatic rings. The van der Waals surface area contributed by atoms with Crippen LogP contribution >= 0.6 is 0 Å². The number of rotatable bonds is 1. The lowest BCUT2D eigenvalue weighted by Crippen LogP contribution is -2.30. The van der Waals surface area contributed by atoms with Crippen molar-refractivity contribution in [3.05, 3.63) is 54.1 Å². The number of benzene rings is 2. The summed E-state index contributed by atoms with van der Waals surface area (Å²) in [6.45, 7) is 2.07. The number of hydrogen-bond donors (Lipinski definition) is 0. The molecule has 84 valence electrons. The molecular weight excluding hydrogens is 210 g/mol. The van der Waals surface area contributed by atoms with Crippen LogP contribution in [0, 0.1) is 6.92 Å². The maximum Gasteiger partial charge on any atom is 0.194 e. The van der Waals surface area contributed by atoms with E-state index in [9.17, 15) is 0 Å². The van der Waals surface area contributed by atoms with Gasteiger partial charge in [0.15, 0.2) is 17.1 Å². The first-order valence-electron chi connectivity index (χ1n) is 5.67. The van der Waals surface area contributed by atoms with E-state index in [0.717, 1.165) is 17.1 Å². The zero-order valence-corrected chi connectivity index (χ0v) is 9.96. The van der Waals surface area contributed by atoms with Gasteiger partial charge >= 0.3 is 0 Å². The van der Waals surface area contributed by atoms with Gasteiger partial charge in [-0.1, -0.05) is 35.4 Å². The summed E-state index contributed by atoms with van der Waals surface area (Å²) in [6.07, 6.45) is 0. The highest BCUT2D eigenvalue weighted by Crippen LogP contribution is 2.46. The highest BCUT2D eigenvalue weighted by atomic mass is 15.7. The van der Waals surface area contributed by atoms with Crippen molar-refractivity contribution in [2.75, 3.05) is 7.05 Å². The topological polar surface area (TPSA) is 24.7 Å². The van der Waals surface area contributed by atoms with Gasteiger partial charge in [-0.25, -0.2) is 0 Å². The van der Waals surface area contributed by atoms with Crippen molar-refractivity contribution < 1.29 is 0 Å². The summed E-state index contributed by atoms with van der Waals surface area (Å²) in [5, 5.41) is 8.75. The fourth-order valence-corrected chi connectivity index (χ4v) is 2.22. The van der Waals surface area contributed by atoms with Gasteiger partial charge in [0.1, 0.15) is 7.05 Å². The fourth-order valence-electron chi connectivity index (χ4n) is 2.22. The van der Waals surface area contributed by atoms with E-state index in [4.69, 9.17) is 0 Å². The minimum Gasteiger partial charge on any atom is -0.115 e. The zero-order chi connectivity index (χ0) is 11.9. The van der Waals surface area contributed by atoms with E-state index >= 15 is 0 Å². The summed E-state index contributed by atoms with van der Waals surface area (Å²) in [5.74, 6) is 0. The second kappa shape index (κ2) is 3.50. The third-order valence-electron chi connectivity index (χ3n) is 3.27. The Hall–Kier alpha value is -2.00. The summed E-state index contributed by atoms with van der Waals surface area (Å²) in [7, 11) is 2.06. The van der Waals surface area contributed by atoms with E-state index in [1.54, 1.807) is 0 Å². The van der Waals surface area contributed by atoms with Gasteiger partial charge in [-0.2, -0.15) is 0 Å². The van der Waals surface area contributed by atoms with Crippen LogP contribution in [0.2, 0.25) is 0 Å². The van der Waals surface area contributed by atoms with Gasteiger partial charge in [0, 0.05) is 23.4 Å². The second-order valence-corrected chi connectivity index (χ2v) is 4.43. The van der Waals surface area contributed by atoms with E-state index in [-0.39, 0.29) is 0 Å². The van der Waals surface area contributed by atoms with Gasteiger partial charge < -0.3 is 0 Å². The van der Waals surface area contributed by atoms with Crippen LogP contribution in [0.5, 0.6) is 0 Å². The van der Waals surface area contributed by atoms with Crippen LogP contribution in [-0.4, -0.2) is 7.05 Å². The Bertz CT molecular complexity index is 590. The average Bonchev–Trinajstić information content (AvgIpc) is 2.72. The Morgan fingerprint density at radius 2 is 1.71 bits per heavy atom. The first kappa shape index (κ1) is 10.2. The van der Waals surface area contributed by atoms with Crippen molar-refractivity contribution in [2.45, 2.75) is 6.92 Å². The number of quaternary nitrogens is 1. The van der Waals surface area contributed by atoms with Gasteiger partial charge in [0.25, 0.3) is 0 Å². The van der Waals surface area contributed by atoms with Crippen molar-refractivity contribution in [1.82, 2.24) is 4.59 Å². The van der Waals surface area contributed by atoms with Crippen LogP contribution in [0.1, 0.15) is 5.56 Å². The molecule has 0 amide bonds. The SMILES string of the molecule is Cc1cccc2c1N=N[N+]2(C)c1ccccc1. The largest absolute Gasteiger partial charge is 0.194 e. The Kier molecular flexibility index (Phi) is 2.09. The molecule has 1 unspecified atom stereocenters. The third-order valence-corrected chi connectivity index (χ3v) is 3.27. The Morgan fingerprint density at radius 3 is 2.47 bits per heavy atom. The van der Waals surface area contributed by atoms with Crippen molar-refractivity contribution in [3.8, 4) is 0 Å². The molecule has 0 spiro atoms. The van der Waals surface area contributed by atoms with Crippen LogP contribution in [0.3, 0.4) is 0 Å². The molecule has 0 fully saturated rings. The highest BCUT2D eigenvalue weighted by molar-refractivity contribution is 5.74. The van der Waals surface area contributed by atoms with Crippen molar-refractivity contribution in [1.29, 1.82) is 0 Å². The molecule has 1 atom stereocenters.